The molecular formula is C19H20N4O4. The molecule has 8 nitrogen and oxygen atoms in total. The van der Waals surface area contributed by atoms with Gasteiger partial charge in [-0.05, 0) is 24.6 Å². The van der Waals surface area contributed by atoms with Gasteiger partial charge in [0.15, 0.2) is 11.4 Å². The van der Waals surface area contributed by atoms with Crippen LogP contribution in [0.1, 0.15) is 30.3 Å². The van der Waals surface area contributed by atoms with Crippen LogP contribution in [0.15, 0.2) is 57.3 Å². The van der Waals surface area contributed by atoms with E-state index in [9.17, 15) is 14.7 Å². The van der Waals surface area contributed by atoms with E-state index in [0.29, 0.717) is 11.9 Å². The van der Waals surface area contributed by atoms with Crippen molar-refractivity contribution in [3.05, 3.63) is 48.4 Å². The fraction of sp³-hybridized carbons (Fsp3) is 0.263. The molecule has 0 radical (unpaired) electrons. The maximum Gasteiger partial charge on any atom is 0.287 e. The lowest BCUT2D eigenvalue weighted by molar-refractivity contribution is -0.117. The minimum absolute atomic E-state index is 0.0270. The maximum absolute atomic E-state index is 11.9. The molecule has 0 saturated carbocycles. The quantitative estimate of drug-likeness (QED) is 0.618. The van der Waals surface area contributed by atoms with Crippen LogP contribution >= 0.6 is 0 Å². The van der Waals surface area contributed by atoms with Crippen molar-refractivity contribution in [3.8, 4) is 5.88 Å². The average molecular weight is 368 g/mol. The van der Waals surface area contributed by atoms with Crippen LogP contribution in [0.5, 0.6) is 5.88 Å². The molecule has 2 N–H and O–H groups in total. The molecule has 0 atom stereocenters. The van der Waals surface area contributed by atoms with Crippen LogP contribution in [0.2, 0.25) is 0 Å². The summed E-state index contributed by atoms with van der Waals surface area (Å²) in [5, 5.41) is 21.2. The van der Waals surface area contributed by atoms with Crippen molar-refractivity contribution in [3.63, 3.8) is 0 Å². The fourth-order valence-corrected chi connectivity index (χ4v) is 2.70. The molecule has 1 aromatic carbocycles. The molecule has 0 aliphatic heterocycles. The van der Waals surface area contributed by atoms with E-state index in [1.54, 1.807) is 10.6 Å². The van der Waals surface area contributed by atoms with Gasteiger partial charge < -0.3 is 19.4 Å². The van der Waals surface area contributed by atoms with Gasteiger partial charge in [-0.1, -0.05) is 31.5 Å². The molecule has 3 rings (SSSR count). The Morgan fingerprint density at radius 2 is 2.04 bits per heavy atom. The zero-order chi connectivity index (χ0) is 19.2. The molecule has 0 spiro atoms. The van der Waals surface area contributed by atoms with Gasteiger partial charge in [-0.3, -0.25) is 9.59 Å². The third-order valence-corrected chi connectivity index (χ3v) is 4.06. The van der Waals surface area contributed by atoms with Gasteiger partial charge >= 0.3 is 0 Å². The number of furan rings is 1. The first kappa shape index (κ1) is 18.4. The number of nitrogens with zero attached hydrogens (tertiary/aromatic N) is 3. The number of hydrogen-bond donors (Lipinski definition) is 2. The Balaban J connectivity index is 1.74. The molecule has 0 aliphatic carbocycles. The first-order valence-corrected chi connectivity index (χ1v) is 8.68. The molecule has 0 unspecified atom stereocenters. The summed E-state index contributed by atoms with van der Waals surface area (Å²) in [7, 11) is 0. The molecular weight excluding hydrogens is 348 g/mol. The number of azo groups is 1. The number of aromatic nitrogens is 1. The molecule has 0 bridgehead atoms. The first-order valence-electron chi connectivity index (χ1n) is 8.68. The fourth-order valence-electron chi connectivity index (χ4n) is 2.70. The summed E-state index contributed by atoms with van der Waals surface area (Å²) in [6, 6.07) is 10.5. The molecule has 2 amide bonds. The zero-order valence-electron chi connectivity index (χ0n) is 14.9. The predicted molar refractivity (Wildman–Crippen MR) is 99.1 cm³/mol. The number of hydrogen-bond acceptors (Lipinski definition) is 5. The Bertz CT molecular complexity index is 973. The second-order valence-corrected chi connectivity index (χ2v) is 5.95. The predicted octanol–water partition coefficient (Wildman–Crippen LogP) is 3.78. The number of carbonyl (C=O) groups is 2. The lowest BCUT2D eigenvalue weighted by Crippen LogP contribution is -2.28. The van der Waals surface area contributed by atoms with Crippen LogP contribution in [0.25, 0.3) is 10.9 Å². The highest BCUT2D eigenvalue weighted by Crippen LogP contribution is 2.38. The molecule has 27 heavy (non-hydrogen) atoms. The molecule has 140 valence electrons. The summed E-state index contributed by atoms with van der Waals surface area (Å²) < 4.78 is 6.70. The first-order chi connectivity index (χ1) is 13.1. The summed E-state index contributed by atoms with van der Waals surface area (Å²) >= 11 is 0. The van der Waals surface area contributed by atoms with E-state index in [2.05, 4.69) is 22.5 Å². The van der Waals surface area contributed by atoms with E-state index in [4.69, 9.17) is 4.42 Å². The number of amides is 2. The highest BCUT2D eigenvalue weighted by molar-refractivity contribution is 5.96. The van der Waals surface area contributed by atoms with Crippen LogP contribution < -0.4 is 5.32 Å². The van der Waals surface area contributed by atoms with Crippen molar-refractivity contribution >= 4 is 28.4 Å². The van der Waals surface area contributed by atoms with Gasteiger partial charge in [0.2, 0.25) is 5.88 Å². The smallest absolute Gasteiger partial charge is 0.287 e. The standard InChI is InChI=1S/C19H20N4O4/c1-2-3-10-23-14-8-5-4-7-13(14)17(19(23)26)22-21-16(24)12-20-18(25)15-9-6-11-27-15/h4-9,11,26H,2-3,10,12H2,1H3,(H,20,25). The number of aromatic hydroxyl groups is 1. The van der Waals surface area contributed by atoms with Crippen molar-refractivity contribution in [1.82, 2.24) is 9.88 Å². The van der Waals surface area contributed by atoms with E-state index in [-0.39, 0.29) is 23.9 Å². The number of rotatable bonds is 7. The van der Waals surface area contributed by atoms with Gasteiger partial charge in [-0.2, -0.15) is 0 Å². The zero-order valence-corrected chi connectivity index (χ0v) is 14.9. The lowest BCUT2D eigenvalue weighted by atomic mass is 10.2. The second kappa shape index (κ2) is 8.31. The van der Waals surface area contributed by atoms with Crippen molar-refractivity contribution in [1.29, 1.82) is 0 Å². The molecule has 2 aromatic heterocycles. The van der Waals surface area contributed by atoms with Crippen LogP contribution in [0.3, 0.4) is 0 Å². The van der Waals surface area contributed by atoms with E-state index in [0.717, 1.165) is 18.4 Å². The molecule has 0 aliphatic rings. The molecule has 2 heterocycles. The Morgan fingerprint density at radius 3 is 2.78 bits per heavy atom. The van der Waals surface area contributed by atoms with Gasteiger partial charge in [-0.15, -0.1) is 10.2 Å². The Morgan fingerprint density at radius 1 is 1.22 bits per heavy atom. The third-order valence-electron chi connectivity index (χ3n) is 4.06. The van der Waals surface area contributed by atoms with Crippen LogP contribution in [0, 0.1) is 0 Å². The topological polar surface area (TPSA) is 109 Å². The highest BCUT2D eigenvalue weighted by Gasteiger charge is 2.16. The number of fused-ring (bicyclic) bond motifs is 1. The monoisotopic (exact) mass is 368 g/mol. The number of nitrogens with one attached hydrogen (secondary N) is 1. The summed E-state index contributed by atoms with van der Waals surface area (Å²) in [5.41, 5.74) is 1.07. The van der Waals surface area contributed by atoms with Gasteiger partial charge in [0, 0.05) is 11.9 Å². The van der Waals surface area contributed by atoms with Crippen molar-refractivity contribution < 1.29 is 19.1 Å². The van der Waals surface area contributed by atoms with Gasteiger partial charge in [0.1, 0.15) is 6.54 Å². The van der Waals surface area contributed by atoms with Crippen molar-refractivity contribution in [2.24, 2.45) is 10.2 Å². The van der Waals surface area contributed by atoms with Crippen molar-refractivity contribution in [2.75, 3.05) is 6.54 Å². The molecule has 3 aromatic rings. The van der Waals surface area contributed by atoms with Gasteiger partial charge in [0.05, 0.1) is 11.8 Å². The summed E-state index contributed by atoms with van der Waals surface area (Å²) in [4.78, 5) is 23.7. The van der Waals surface area contributed by atoms with Crippen molar-refractivity contribution in [2.45, 2.75) is 26.3 Å². The normalized spacial score (nSPS) is 11.3. The average Bonchev–Trinajstić information content (AvgIpc) is 3.30. The summed E-state index contributed by atoms with van der Waals surface area (Å²) in [6.45, 7) is 2.39. The van der Waals surface area contributed by atoms with E-state index in [1.807, 2.05) is 24.3 Å². The molecule has 0 fully saturated rings. The number of aryl methyl sites for hydroxylation is 1. The Hall–Kier alpha value is -3.42. The van der Waals surface area contributed by atoms with Gasteiger partial charge in [-0.25, -0.2) is 0 Å². The highest BCUT2D eigenvalue weighted by atomic mass is 16.3. The van der Waals surface area contributed by atoms with Gasteiger partial charge in [0.25, 0.3) is 11.8 Å². The van der Waals surface area contributed by atoms with E-state index in [1.165, 1.54) is 12.3 Å². The number of benzene rings is 1. The largest absolute Gasteiger partial charge is 0.493 e. The van der Waals surface area contributed by atoms with Crippen LogP contribution in [0.4, 0.5) is 5.69 Å². The SMILES string of the molecule is CCCCn1c(O)c(N=NC(=O)CNC(=O)c2ccco2)c2ccccc21. The maximum atomic E-state index is 11.9. The molecule has 0 saturated heterocycles. The number of unbranched alkanes of at least 4 members (excludes halogenated alkanes) is 1. The minimum Gasteiger partial charge on any atom is -0.493 e. The minimum atomic E-state index is -0.639. The number of para-hydroxylation sites is 1. The summed E-state index contributed by atoms with van der Waals surface area (Å²) in [5.74, 6) is -1.07. The molecule has 8 heteroatoms. The second-order valence-electron chi connectivity index (χ2n) is 5.95. The van der Waals surface area contributed by atoms with E-state index < -0.39 is 11.8 Å². The number of carbonyl (C=O) groups excluding carboxylic acids is 2. The Labute approximate surface area is 155 Å². The lowest BCUT2D eigenvalue weighted by Gasteiger charge is -2.05. The van der Waals surface area contributed by atoms with Crippen LogP contribution in [-0.2, 0) is 11.3 Å². The van der Waals surface area contributed by atoms with Crippen LogP contribution in [-0.4, -0.2) is 28.0 Å². The van der Waals surface area contributed by atoms with E-state index >= 15 is 0 Å². The Kier molecular flexibility index (Phi) is 5.65. The summed E-state index contributed by atoms with van der Waals surface area (Å²) in [6.07, 6.45) is 3.25. The third kappa shape index (κ3) is 4.05.